The fourth-order valence-corrected chi connectivity index (χ4v) is 5.41. The van der Waals surface area contributed by atoms with Crippen LogP contribution in [0, 0.1) is 23.0 Å². The molecule has 0 amide bonds. The Bertz CT molecular complexity index is 726. The van der Waals surface area contributed by atoms with Gasteiger partial charge in [-0.25, -0.2) is 8.42 Å². The number of hydrogen-bond donors (Lipinski definition) is 0. The number of piperidine rings is 3. The minimum atomic E-state index is -3.75. The van der Waals surface area contributed by atoms with E-state index in [1.165, 1.54) is 29.4 Å². The summed E-state index contributed by atoms with van der Waals surface area (Å²) in [4.78, 5) is 12.8. The third kappa shape index (κ3) is 2.75. The van der Waals surface area contributed by atoms with Gasteiger partial charge < -0.3 is 4.90 Å². The van der Waals surface area contributed by atoms with Crippen LogP contribution in [0.25, 0.3) is 0 Å². The number of benzene rings is 1. The van der Waals surface area contributed by atoms with E-state index in [4.69, 9.17) is 0 Å². The highest BCUT2D eigenvalue weighted by atomic mass is 32.2. The first kappa shape index (κ1) is 16.4. The molecule has 3 fully saturated rings. The Balaban J connectivity index is 1.95. The molecule has 126 valence electrons. The zero-order valence-corrected chi connectivity index (χ0v) is 14.1. The molecule has 0 aliphatic carbocycles. The van der Waals surface area contributed by atoms with Gasteiger partial charge in [0.1, 0.15) is 0 Å². The molecule has 7 nitrogen and oxygen atoms in total. The molecule has 0 saturated carbocycles. The van der Waals surface area contributed by atoms with Gasteiger partial charge in [-0.3, -0.25) is 10.1 Å². The average molecular weight is 339 g/mol. The van der Waals surface area contributed by atoms with Crippen molar-refractivity contribution in [3.05, 3.63) is 33.9 Å². The standard InChI is InChI=1S/C15H21N3O4S/c1-11-13(18(19)20)4-3-5-15(11)23(21,22)16(2)14-10-17-8-6-12(14)7-9-17/h3-5,12,14H,6-10H2,1-2H3. The Morgan fingerprint density at radius 2 is 1.96 bits per heavy atom. The van der Waals surface area contributed by atoms with E-state index in [2.05, 4.69) is 4.90 Å². The highest BCUT2D eigenvalue weighted by Gasteiger charge is 2.41. The van der Waals surface area contributed by atoms with Gasteiger partial charge in [-0.2, -0.15) is 4.31 Å². The van der Waals surface area contributed by atoms with Crippen molar-refractivity contribution < 1.29 is 13.3 Å². The minimum Gasteiger partial charge on any atom is -0.302 e. The molecule has 0 N–H and O–H groups in total. The van der Waals surface area contributed by atoms with Gasteiger partial charge in [0.25, 0.3) is 5.69 Å². The van der Waals surface area contributed by atoms with Gasteiger partial charge in [0.05, 0.1) is 9.82 Å². The summed E-state index contributed by atoms with van der Waals surface area (Å²) in [7, 11) is -2.15. The van der Waals surface area contributed by atoms with Crippen molar-refractivity contribution >= 4 is 15.7 Å². The fraction of sp³-hybridized carbons (Fsp3) is 0.600. The van der Waals surface area contributed by atoms with Crippen molar-refractivity contribution in [2.24, 2.45) is 5.92 Å². The third-order valence-corrected chi connectivity index (χ3v) is 7.23. The van der Waals surface area contributed by atoms with Crippen LogP contribution in [0.3, 0.4) is 0 Å². The lowest BCUT2D eigenvalue weighted by atomic mass is 9.84. The van der Waals surface area contributed by atoms with E-state index in [1.807, 2.05) is 0 Å². The molecule has 3 saturated heterocycles. The summed E-state index contributed by atoms with van der Waals surface area (Å²) in [5, 5.41) is 11.1. The molecular formula is C15H21N3O4S. The zero-order chi connectivity index (χ0) is 16.8. The second-order valence-corrected chi connectivity index (χ2v) is 8.35. The molecule has 0 aromatic heterocycles. The SMILES string of the molecule is Cc1c([N+](=O)[O-])cccc1S(=O)(=O)N(C)C1CN2CCC1CC2. The number of fused-ring (bicyclic) bond motifs is 3. The molecule has 0 spiro atoms. The van der Waals surface area contributed by atoms with Crippen molar-refractivity contribution in [3.8, 4) is 0 Å². The fourth-order valence-electron chi connectivity index (χ4n) is 3.76. The van der Waals surface area contributed by atoms with Crippen LogP contribution in [0.1, 0.15) is 18.4 Å². The van der Waals surface area contributed by atoms with Crippen molar-refractivity contribution in [2.75, 3.05) is 26.7 Å². The highest BCUT2D eigenvalue weighted by Crippen LogP contribution is 2.34. The Labute approximate surface area is 136 Å². The molecule has 3 heterocycles. The Hall–Kier alpha value is -1.51. The molecule has 8 heteroatoms. The van der Waals surface area contributed by atoms with Crippen LogP contribution in [0.4, 0.5) is 5.69 Å². The van der Waals surface area contributed by atoms with E-state index in [-0.39, 0.29) is 22.2 Å². The van der Waals surface area contributed by atoms with Crippen LogP contribution >= 0.6 is 0 Å². The van der Waals surface area contributed by atoms with Crippen LogP contribution in [0.2, 0.25) is 0 Å². The number of nitro benzene ring substituents is 1. The van der Waals surface area contributed by atoms with Crippen LogP contribution in [0.5, 0.6) is 0 Å². The first-order chi connectivity index (χ1) is 10.8. The normalized spacial score (nSPS) is 27.3. The average Bonchev–Trinajstić information content (AvgIpc) is 2.54. The maximum absolute atomic E-state index is 13.0. The van der Waals surface area contributed by atoms with Crippen molar-refractivity contribution in [1.29, 1.82) is 0 Å². The van der Waals surface area contributed by atoms with Crippen molar-refractivity contribution in [2.45, 2.75) is 30.7 Å². The number of nitrogens with zero attached hydrogens (tertiary/aromatic N) is 3. The first-order valence-corrected chi connectivity index (χ1v) is 9.21. The van der Waals surface area contributed by atoms with Gasteiger partial charge in [-0.1, -0.05) is 6.07 Å². The van der Waals surface area contributed by atoms with Crippen molar-refractivity contribution in [1.82, 2.24) is 9.21 Å². The van der Waals surface area contributed by atoms with E-state index >= 15 is 0 Å². The monoisotopic (exact) mass is 339 g/mol. The lowest BCUT2D eigenvalue weighted by Gasteiger charge is -2.47. The van der Waals surface area contributed by atoms with Gasteiger partial charge in [-0.05, 0) is 44.8 Å². The summed E-state index contributed by atoms with van der Waals surface area (Å²) < 4.78 is 27.4. The Kier molecular flexibility index (Phi) is 4.16. The van der Waals surface area contributed by atoms with E-state index in [9.17, 15) is 18.5 Å². The molecule has 23 heavy (non-hydrogen) atoms. The molecule has 4 rings (SSSR count). The Morgan fingerprint density at radius 3 is 2.48 bits per heavy atom. The number of rotatable bonds is 4. The second kappa shape index (κ2) is 5.85. The summed E-state index contributed by atoms with van der Waals surface area (Å²) >= 11 is 0. The molecule has 1 unspecified atom stereocenters. The van der Waals surface area contributed by atoms with Gasteiger partial charge in [-0.15, -0.1) is 0 Å². The minimum absolute atomic E-state index is 0.0330. The number of likely N-dealkylation sites (N-methyl/N-ethyl adjacent to an activating group) is 1. The molecule has 1 aromatic rings. The van der Waals surface area contributed by atoms with Crippen LogP contribution in [-0.2, 0) is 10.0 Å². The van der Waals surface area contributed by atoms with Gasteiger partial charge >= 0.3 is 0 Å². The van der Waals surface area contributed by atoms with E-state index in [0.717, 1.165) is 32.5 Å². The van der Waals surface area contributed by atoms with Crippen LogP contribution in [-0.4, -0.2) is 55.3 Å². The highest BCUT2D eigenvalue weighted by molar-refractivity contribution is 7.89. The lowest BCUT2D eigenvalue weighted by molar-refractivity contribution is -0.385. The van der Waals surface area contributed by atoms with Crippen LogP contribution in [0.15, 0.2) is 23.1 Å². The van der Waals surface area contributed by atoms with Gasteiger partial charge in [0.2, 0.25) is 10.0 Å². The molecular weight excluding hydrogens is 318 g/mol. The molecule has 3 aliphatic rings. The van der Waals surface area contributed by atoms with Crippen LogP contribution < -0.4 is 0 Å². The molecule has 0 radical (unpaired) electrons. The maximum Gasteiger partial charge on any atom is 0.273 e. The van der Waals surface area contributed by atoms with E-state index in [0.29, 0.717) is 5.92 Å². The molecule has 1 aromatic carbocycles. The summed E-state index contributed by atoms with van der Waals surface area (Å²) in [5.41, 5.74) is 0.0408. The molecule has 2 bridgehead atoms. The van der Waals surface area contributed by atoms with E-state index in [1.54, 1.807) is 7.05 Å². The maximum atomic E-state index is 13.0. The first-order valence-electron chi connectivity index (χ1n) is 7.76. The summed E-state index contributed by atoms with van der Waals surface area (Å²) in [6.45, 7) is 4.31. The predicted octanol–water partition coefficient (Wildman–Crippen LogP) is 1.62. The smallest absolute Gasteiger partial charge is 0.273 e. The Morgan fingerprint density at radius 1 is 1.30 bits per heavy atom. The molecule has 3 aliphatic heterocycles. The van der Waals surface area contributed by atoms with Gasteiger partial charge in [0.15, 0.2) is 0 Å². The van der Waals surface area contributed by atoms with Crippen molar-refractivity contribution in [3.63, 3.8) is 0 Å². The summed E-state index contributed by atoms with van der Waals surface area (Å²) in [5.74, 6) is 0.374. The second-order valence-electron chi connectivity index (χ2n) is 6.38. The quantitative estimate of drug-likeness (QED) is 0.615. The summed E-state index contributed by atoms with van der Waals surface area (Å²) in [6, 6.07) is 4.17. The topological polar surface area (TPSA) is 83.8 Å². The third-order valence-electron chi connectivity index (χ3n) is 5.20. The number of hydrogen-bond acceptors (Lipinski definition) is 5. The predicted molar refractivity (Wildman–Crippen MR) is 85.7 cm³/mol. The lowest BCUT2D eigenvalue weighted by Crippen LogP contribution is -2.57. The number of nitro groups is 1. The number of sulfonamides is 1. The molecule has 1 atom stereocenters. The zero-order valence-electron chi connectivity index (χ0n) is 13.3. The van der Waals surface area contributed by atoms with E-state index < -0.39 is 14.9 Å². The largest absolute Gasteiger partial charge is 0.302 e. The summed E-state index contributed by atoms with van der Waals surface area (Å²) in [6.07, 6.45) is 2.02. The van der Waals surface area contributed by atoms with Gasteiger partial charge in [0, 0.05) is 31.3 Å².